The smallest absolute Gasteiger partial charge is 0.333 e. The average molecular weight is 283 g/mol. The molecule has 0 aromatic heterocycles. The van der Waals surface area contributed by atoms with Crippen molar-refractivity contribution in [3.05, 3.63) is 71.3 Å². The van der Waals surface area contributed by atoms with E-state index in [2.05, 4.69) is 5.32 Å². The third-order valence-corrected chi connectivity index (χ3v) is 3.42. The number of carbonyl (C=O) groups is 2. The van der Waals surface area contributed by atoms with Crippen molar-refractivity contribution in [2.75, 3.05) is 0 Å². The van der Waals surface area contributed by atoms with E-state index in [1.165, 1.54) is 6.92 Å². The lowest BCUT2D eigenvalue weighted by molar-refractivity contribution is -0.144. The summed E-state index contributed by atoms with van der Waals surface area (Å²) in [6, 6.07) is 15.7. The molecule has 1 atom stereocenters. The van der Waals surface area contributed by atoms with Crippen LogP contribution >= 0.6 is 0 Å². The van der Waals surface area contributed by atoms with Crippen LogP contribution in [0, 0.1) is 6.92 Å². The molecule has 0 aliphatic carbocycles. The maximum absolute atomic E-state index is 12.3. The number of aliphatic carboxylic acids is 1. The summed E-state index contributed by atoms with van der Waals surface area (Å²) in [4.78, 5) is 24.0. The normalized spacial score (nSPS) is 13.2. The molecule has 2 N–H and O–H groups in total. The number of carboxylic acids is 1. The third-order valence-electron chi connectivity index (χ3n) is 3.42. The summed E-state index contributed by atoms with van der Waals surface area (Å²) in [7, 11) is 0. The van der Waals surface area contributed by atoms with Crippen molar-refractivity contribution >= 4 is 11.9 Å². The van der Waals surface area contributed by atoms with Gasteiger partial charge in [0, 0.05) is 5.56 Å². The fourth-order valence-electron chi connectivity index (χ4n) is 2.11. The van der Waals surface area contributed by atoms with Gasteiger partial charge in [0.25, 0.3) is 5.91 Å². The second kappa shape index (κ2) is 5.79. The lowest BCUT2D eigenvalue weighted by Crippen LogP contribution is -2.49. The molecule has 0 heterocycles. The second-order valence-corrected chi connectivity index (χ2v) is 5.12. The summed E-state index contributed by atoms with van der Waals surface area (Å²) in [6.45, 7) is 3.36. The molecule has 4 nitrogen and oxygen atoms in total. The third kappa shape index (κ3) is 3.11. The Bertz CT molecular complexity index is 667. The highest BCUT2D eigenvalue weighted by atomic mass is 16.4. The molecule has 1 unspecified atom stereocenters. The number of carboxylic acid groups (broad SMARTS) is 1. The van der Waals surface area contributed by atoms with Crippen LogP contribution in [-0.4, -0.2) is 17.0 Å². The Morgan fingerprint density at radius 3 is 2.29 bits per heavy atom. The number of aryl methyl sites for hydroxylation is 1. The first-order valence-corrected chi connectivity index (χ1v) is 6.61. The Morgan fingerprint density at radius 1 is 1.05 bits per heavy atom. The van der Waals surface area contributed by atoms with Crippen molar-refractivity contribution in [3.8, 4) is 0 Å². The zero-order valence-corrected chi connectivity index (χ0v) is 12.0. The highest BCUT2D eigenvalue weighted by Crippen LogP contribution is 2.21. The molecule has 0 saturated carbocycles. The fourth-order valence-corrected chi connectivity index (χ4v) is 2.11. The minimum Gasteiger partial charge on any atom is -0.479 e. The Morgan fingerprint density at radius 2 is 1.71 bits per heavy atom. The predicted molar refractivity (Wildman–Crippen MR) is 80.1 cm³/mol. The minimum absolute atomic E-state index is 0.410. The van der Waals surface area contributed by atoms with E-state index in [1.54, 1.807) is 48.5 Å². The van der Waals surface area contributed by atoms with E-state index in [0.717, 1.165) is 5.56 Å². The van der Waals surface area contributed by atoms with Gasteiger partial charge in [0.2, 0.25) is 0 Å². The van der Waals surface area contributed by atoms with E-state index in [9.17, 15) is 14.7 Å². The van der Waals surface area contributed by atoms with Crippen molar-refractivity contribution in [2.24, 2.45) is 0 Å². The van der Waals surface area contributed by atoms with Gasteiger partial charge in [-0.2, -0.15) is 0 Å². The minimum atomic E-state index is -1.47. The van der Waals surface area contributed by atoms with Gasteiger partial charge >= 0.3 is 5.97 Å². The number of carbonyl (C=O) groups excluding carboxylic acids is 1. The first-order valence-electron chi connectivity index (χ1n) is 6.61. The molecule has 2 rings (SSSR count). The van der Waals surface area contributed by atoms with E-state index in [1.807, 2.05) is 13.0 Å². The van der Waals surface area contributed by atoms with Gasteiger partial charge in [-0.05, 0) is 31.5 Å². The summed E-state index contributed by atoms with van der Waals surface area (Å²) < 4.78 is 0. The summed E-state index contributed by atoms with van der Waals surface area (Å²) >= 11 is 0. The number of hydrogen-bond acceptors (Lipinski definition) is 2. The lowest BCUT2D eigenvalue weighted by Gasteiger charge is -2.26. The monoisotopic (exact) mass is 283 g/mol. The number of benzene rings is 2. The number of hydrogen-bond donors (Lipinski definition) is 2. The van der Waals surface area contributed by atoms with Crippen LogP contribution in [0.15, 0.2) is 54.6 Å². The lowest BCUT2D eigenvalue weighted by atomic mass is 9.91. The van der Waals surface area contributed by atoms with Crippen LogP contribution in [0.5, 0.6) is 0 Å². The molecule has 0 radical (unpaired) electrons. The van der Waals surface area contributed by atoms with Crippen LogP contribution in [0.4, 0.5) is 0 Å². The zero-order valence-electron chi connectivity index (χ0n) is 12.0. The van der Waals surface area contributed by atoms with Gasteiger partial charge in [-0.3, -0.25) is 4.79 Å². The van der Waals surface area contributed by atoms with Gasteiger partial charge in [-0.1, -0.05) is 48.0 Å². The molecular formula is C17H17NO3. The highest BCUT2D eigenvalue weighted by Gasteiger charge is 2.36. The molecule has 4 heteroatoms. The van der Waals surface area contributed by atoms with Crippen LogP contribution in [0.25, 0.3) is 0 Å². The first-order chi connectivity index (χ1) is 9.93. The maximum Gasteiger partial charge on any atom is 0.333 e. The van der Waals surface area contributed by atoms with Crippen LogP contribution < -0.4 is 5.32 Å². The van der Waals surface area contributed by atoms with Gasteiger partial charge in [0.05, 0.1) is 0 Å². The molecule has 0 aliphatic rings. The van der Waals surface area contributed by atoms with E-state index in [0.29, 0.717) is 11.1 Å². The second-order valence-electron chi connectivity index (χ2n) is 5.12. The standard InChI is InChI=1S/C17H17NO3/c1-12-7-6-8-13(11-12)15(19)18-17(2,16(20)21)14-9-4-3-5-10-14/h3-11H,1-2H3,(H,18,19)(H,20,21). The molecule has 21 heavy (non-hydrogen) atoms. The molecular weight excluding hydrogens is 266 g/mol. The van der Waals surface area contributed by atoms with Crippen molar-refractivity contribution < 1.29 is 14.7 Å². The van der Waals surface area contributed by atoms with Crippen LogP contribution in [0.1, 0.15) is 28.4 Å². The largest absolute Gasteiger partial charge is 0.479 e. The van der Waals surface area contributed by atoms with Crippen molar-refractivity contribution in [1.82, 2.24) is 5.32 Å². The van der Waals surface area contributed by atoms with Crippen LogP contribution in [-0.2, 0) is 10.3 Å². The van der Waals surface area contributed by atoms with E-state index < -0.39 is 17.4 Å². The van der Waals surface area contributed by atoms with Gasteiger partial charge in [0.15, 0.2) is 5.54 Å². The van der Waals surface area contributed by atoms with Crippen molar-refractivity contribution in [2.45, 2.75) is 19.4 Å². The SMILES string of the molecule is Cc1cccc(C(=O)NC(C)(C(=O)O)c2ccccc2)c1. The Balaban J connectivity index is 2.33. The maximum atomic E-state index is 12.3. The quantitative estimate of drug-likeness (QED) is 0.906. The van der Waals surface area contributed by atoms with Gasteiger partial charge in [-0.25, -0.2) is 4.79 Å². The van der Waals surface area contributed by atoms with Gasteiger partial charge < -0.3 is 10.4 Å². The zero-order chi connectivity index (χ0) is 15.5. The Labute approximate surface area is 123 Å². The van der Waals surface area contributed by atoms with Crippen molar-refractivity contribution in [3.63, 3.8) is 0 Å². The predicted octanol–water partition coefficient (Wildman–Crippen LogP) is 2.72. The topological polar surface area (TPSA) is 66.4 Å². The molecule has 0 spiro atoms. The summed E-state index contributed by atoms with van der Waals surface area (Å²) in [5.74, 6) is -1.51. The molecule has 2 aromatic carbocycles. The highest BCUT2D eigenvalue weighted by molar-refractivity contribution is 5.98. The van der Waals surface area contributed by atoms with E-state index in [-0.39, 0.29) is 0 Å². The van der Waals surface area contributed by atoms with Crippen LogP contribution in [0.2, 0.25) is 0 Å². The summed E-state index contributed by atoms with van der Waals surface area (Å²) in [5.41, 5.74) is 0.443. The number of nitrogens with one attached hydrogen (secondary N) is 1. The molecule has 0 fully saturated rings. The Kier molecular flexibility index (Phi) is 4.08. The van der Waals surface area contributed by atoms with E-state index in [4.69, 9.17) is 0 Å². The van der Waals surface area contributed by atoms with Crippen LogP contribution in [0.3, 0.4) is 0 Å². The number of rotatable bonds is 4. The summed E-state index contributed by atoms with van der Waals surface area (Å²) in [5, 5.41) is 12.1. The molecule has 0 saturated heterocycles. The number of amides is 1. The molecule has 2 aromatic rings. The molecule has 1 amide bonds. The van der Waals surface area contributed by atoms with Gasteiger partial charge in [0.1, 0.15) is 0 Å². The molecule has 0 bridgehead atoms. The fraction of sp³-hybridized carbons (Fsp3) is 0.176. The Hall–Kier alpha value is -2.62. The first kappa shape index (κ1) is 14.8. The van der Waals surface area contributed by atoms with Gasteiger partial charge in [-0.15, -0.1) is 0 Å². The molecule has 108 valence electrons. The summed E-state index contributed by atoms with van der Waals surface area (Å²) in [6.07, 6.45) is 0. The van der Waals surface area contributed by atoms with E-state index >= 15 is 0 Å². The molecule has 0 aliphatic heterocycles. The average Bonchev–Trinajstić information content (AvgIpc) is 2.47. The van der Waals surface area contributed by atoms with Crippen molar-refractivity contribution in [1.29, 1.82) is 0 Å².